The maximum Gasteiger partial charge on any atom is 0.123 e. The molecule has 0 radical (unpaired) electrons. The van der Waals surface area contributed by atoms with E-state index in [-0.39, 0.29) is 6.10 Å². The molecule has 2 aromatic carbocycles. The summed E-state index contributed by atoms with van der Waals surface area (Å²) in [6.07, 6.45) is 1.27. The molecule has 0 aliphatic carbocycles. The molecule has 1 aliphatic rings. The summed E-state index contributed by atoms with van der Waals surface area (Å²) in [5.41, 5.74) is 2.68. The molecule has 0 aromatic heterocycles. The van der Waals surface area contributed by atoms with Gasteiger partial charge in [-0.25, -0.2) is 0 Å². The van der Waals surface area contributed by atoms with Gasteiger partial charge >= 0.3 is 0 Å². The Labute approximate surface area is 114 Å². The van der Waals surface area contributed by atoms with Gasteiger partial charge in [0.25, 0.3) is 0 Å². The maximum absolute atomic E-state index is 6.06. The third-order valence-corrected chi connectivity index (χ3v) is 3.72. The van der Waals surface area contributed by atoms with Gasteiger partial charge in [-0.3, -0.25) is 0 Å². The van der Waals surface area contributed by atoms with Gasteiger partial charge in [0.1, 0.15) is 11.9 Å². The number of fused-ring (bicyclic) bond motifs is 1. The minimum atomic E-state index is 0.241. The lowest BCUT2D eigenvalue weighted by atomic mass is 9.84. The number of nitrogens with one attached hydrogen (secondary N) is 1. The van der Waals surface area contributed by atoms with Crippen molar-refractivity contribution < 1.29 is 4.74 Å². The van der Waals surface area contributed by atoms with Crippen molar-refractivity contribution in [2.45, 2.75) is 18.4 Å². The number of rotatable bonds is 3. The Hall–Kier alpha value is -1.80. The minimum absolute atomic E-state index is 0.241. The molecule has 2 aromatic rings. The average molecular weight is 253 g/mol. The first kappa shape index (κ1) is 12.2. The topological polar surface area (TPSA) is 21.3 Å². The lowest BCUT2D eigenvalue weighted by Crippen LogP contribution is -2.34. The molecule has 2 atom stereocenters. The Morgan fingerprint density at radius 3 is 2.58 bits per heavy atom. The number of hydrogen-bond acceptors (Lipinski definition) is 2. The molecule has 1 N–H and O–H groups in total. The molecule has 2 heteroatoms. The van der Waals surface area contributed by atoms with Crippen molar-refractivity contribution in [3.05, 3.63) is 65.7 Å². The molecule has 2 unspecified atom stereocenters. The van der Waals surface area contributed by atoms with Crippen molar-refractivity contribution in [2.75, 3.05) is 13.6 Å². The Bertz CT molecular complexity index is 538. The molecule has 3 rings (SSSR count). The first-order valence-corrected chi connectivity index (χ1v) is 6.83. The summed E-state index contributed by atoms with van der Waals surface area (Å²) in [5, 5.41) is 3.22. The molecule has 0 amide bonds. The summed E-state index contributed by atoms with van der Waals surface area (Å²) in [6.45, 7) is 0.887. The molecule has 0 saturated heterocycles. The SMILES string of the molecule is CNCC1CC(c2ccccc2)c2ccccc2O1. The summed E-state index contributed by atoms with van der Waals surface area (Å²) in [4.78, 5) is 0. The summed E-state index contributed by atoms with van der Waals surface area (Å²) >= 11 is 0. The average Bonchev–Trinajstić information content (AvgIpc) is 2.48. The van der Waals surface area contributed by atoms with Gasteiger partial charge in [-0.1, -0.05) is 48.5 Å². The van der Waals surface area contributed by atoms with Crippen molar-refractivity contribution in [3.8, 4) is 5.75 Å². The van der Waals surface area contributed by atoms with Gasteiger partial charge < -0.3 is 10.1 Å². The second-order valence-corrected chi connectivity index (χ2v) is 5.03. The zero-order valence-corrected chi connectivity index (χ0v) is 11.2. The first-order valence-electron chi connectivity index (χ1n) is 6.83. The summed E-state index contributed by atoms with van der Waals surface area (Å²) < 4.78 is 6.06. The second-order valence-electron chi connectivity index (χ2n) is 5.03. The van der Waals surface area contributed by atoms with E-state index in [0.29, 0.717) is 5.92 Å². The van der Waals surface area contributed by atoms with E-state index >= 15 is 0 Å². The fourth-order valence-electron chi connectivity index (χ4n) is 2.85. The Morgan fingerprint density at radius 2 is 1.79 bits per heavy atom. The van der Waals surface area contributed by atoms with Crippen LogP contribution in [0.1, 0.15) is 23.5 Å². The lowest BCUT2D eigenvalue weighted by Gasteiger charge is -2.32. The third kappa shape index (κ3) is 2.49. The minimum Gasteiger partial charge on any atom is -0.489 e. The molecule has 2 nitrogen and oxygen atoms in total. The second kappa shape index (κ2) is 5.45. The molecular formula is C17H19NO. The van der Waals surface area contributed by atoms with Crippen LogP contribution in [-0.2, 0) is 0 Å². The summed E-state index contributed by atoms with van der Waals surface area (Å²) in [7, 11) is 1.97. The smallest absolute Gasteiger partial charge is 0.123 e. The predicted molar refractivity (Wildman–Crippen MR) is 77.7 cm³/mol. The van der Waals surface area contributed by atoms with E-state index in [0.717, 1.165) is 18.7 Å². The highest BCUT2D eigenvalue weighted by Gasteiger charge is 2.28. The van der Waals surface area contributed by atoms with Crippen LogP contribution in [0.3, 0.4) is 0 Å². The summed E-state index contributed by atoms with van der Waals surface area (Å²) in [5.74, 6) is 1.47. The highest BCUT2D eigenvalue weighted by Crippen LogP contribution is 2.39. The van der Waals surface area contributed by atoms with Gasteiger partial charge in [0.05, 0.1) is 0 Å². The molecule has 0 saturated carbocycles. The maximum atomic E-state index is 6.06. The van der Waals surface area contributed by atoms with Crippen molar-refractivity contribution in [1.82, 2.24) is 5.32 Å². The molecule has 1 aliphatic heterocycles. The van der Waals surface area contributed by atoms with Gasteiger partial charge in [-0.15, -0.1) is 0 Å². The Balaban J connectivity index is 1.98. The molecule has 0 bridgehead atoms. The zero-order valence-electron chi connectivity index (χ0n) is 11.2. The van der Waals surface area contributed by atoms with Crippen LogP contribution in [-0.4, -0.2) is 19.7 Å². The number of benzene rings is 2. The van der Waals surface area contributed by atoms with E-state index in [1.165, 1.54) is 11.1 Å². The normalized spacial score (nSPS) is 21.5. The standard InChI is InChI=1S/C17H19NO/c1-18-12-14-11-16(13-7-3-2-4-8-13)15-9-5-6-10-17(15)19-14/h2-10,14,16,18H,11-12H2,1H3. The van der Waals surface area contributed by atoms with Gasteiger partial charge in [-0.05, 0) is 25.1 Å². The zero-order chi connectivity index (χ0) is 13.1. The van der Waals surface area contributed by atoms with Crippen molar-refractivity contribution >= 4 is 0 Å². The monoisotopic (exact) mass is 253 g/mol. The third-order valence-electron chi connectivity index (χ3n) is 3.72. The van der Waals surface area contributed by atoms with E-state index < -0.39 is 0 Å². The van der Waals surface area contributed by atoms with E-state index in [9.17, 15) is 0 Å². The Morgan fingerprint density at radius 1 is 1.05 bits per heavy atom. The highest BCUT2D eigenvalue weighted by molar-refractivity contribution is 5.44. The Kier molecular flexibility index (Phi) is 3.51. The fourth-order valence-corrected chi connectivity index (χ4v) is 2.85. The van der Waals surface area contributed by atoms with Crippen LogP contribution in [0.25, 0.3) is 0 Å². The van der Waals surface area contributed by atoms with Crippen LogP contribution in [0.5, 0.6) is 5.75 Å². The lowest BCUT2D eigenvalue weighted by molar-refractivity contribution is 0.164. The van der Waals surface area contributed by atoms with Crippen molar-refractivity contribution in [3.63, 3.8) is 0 Å². The van der Waals surface area contributed by atoms with E-state index in [2.05, 4.69) is 53.8 Å². The van der Waals surface area contributed by atoms with Crippen LogP contribution in [0, 0.1) is 0 Å². The van der Waals surface area contributed by atoms with Crippen LogP contribution >= 0.6 is 0 Å². The van der Waals surface area contributed by atoms with Crippen LogP contribution in [0.4, 0.5) is 0 Å². The molecule has 98 valence electrons. The van der Waals surface area contributed by atoms with Gasteiger partial charge in [-0.2, -0.15) is 0 Å². The summed E-state index contributed by atoms with van der Waals surface area (Å²) in [6, 6.07) is 19.1. The van der Waals surface area contributed by atoms with Gasteiger partial charge in [0.15, 0.2) is 0 Å². The molecule has 0 spiro atoms. The van der Waals surface area contributed by atoms with E-state index in [4.69, 9.17) is 4.74 Å². The number of likely N-dealkylation sites (N-methyl/N-ethyl adjacent to an activating group) is 1. The van der Waals surface area contributed by atoms with Crippen LogP contribution < -0.4 is 10.1 Å². The number of para-hydroxylation sites is 1. The number of hydrogen-bond donors (Lipinski definition) is 1. The first-order chi connectivity index (χ1) is 9.38. The van der Waals surface area contributed by atoms with Crippen LogP contribution in [0.2, 0.25) is 0 Å². The van der Waals surface area contributed by atoms with Crippen LogP contribution in [0.15, 0.2) is 54.6 Å². The van der Waals surface area contributed by atoms with E-state index in [1.807, 2.05) is 13.1 Å². The molecule has 0 fully saturated rings. The van der Waals surface area contributed by atoms with E-state index in [1.54, 1.807) is 0 Å². The highest BCUT2D eigenvalue weighted by atomic mass is 16.5. The quantitative estimate of drug-likeness (QED) is 0.907. The molecule has 19 heavy (non-hydrogen) atoms. The number of ether oxygens (including phenoxy) is 1. The predicted octanol–water partition coefficient (Wildman–Crippen LogP) is 3.19. The molecule has 1 heterocycles. The largest absolute Gasteiger partial charge is 0.489 e. The molecular weight excluding hydrogens is 234 g/mol. The van der Waals surface area contributed by atoms with Crippen molar-refractivity contribution in [2.24, 2.45) is 0 Å². The van der Waals surface area contributed by atoms with Gasteiger partial charge in [0, 0.05) is 18.0 Å². The van der Waals surface area contributed by atoms with Gasteiger partial charge in [0.2, 0.25) is 0 Å². The van der Waals surface area contributed by atoms with Crippen molar-refractivity contribution in [1.29, 1.82) is 0 Å². The fraction of sp³-hybridized carbons (Fsp3) is 0.294.